The summed E-state index contributed by atoms with van der Waals surface area (Å²) in [4.78, 5) is 0. The minimum Gasteiger partial charge on any atom is -0.394 e. The summed E-state index contributed by atoms with van der Waals surface area (Å²) in [6.45, 7) is 1.91. The molecule has 0 saturated heterocycles. The van der Waals surface area contributed by atoms with Crippen LogP contribution in [0.25, 0.3) is 0 Å². The van der Waals surface area contributed by atoms with Crippen LogP contribution in [-0.4, -0.2) is 9.78 Å². The summed E-state index contributed by atoms with van der Waals surface area (Å²) in [6, 6.07) is 3.10. The predicted octanol–water partition coefficient (Wildman–Crippen LogP) is 3.98. The molecule has 8 heteroatoms. The van der Waals surface area contributed by atoms with Crippen molar-refractivity contribution in [1.29, 1.82) is 0 Å². The van der Waals surface area contributed by atoms with Gasteiger partial charge in [0.15, 0.2) is 5.82 Å². The molecule has 0 bridgehead atoms. The molecule has 0 fully saturated rings. The van der Waals surface area contributed by atoms with Crippen LogP contribution in [0.3, 0.4) is 0 Å². The van der Waals surface area contributed by atoms with Crippen LogP contribution in [0.2, 0.25) is 5.02 Å². The topological polar surface area (TPSA) is 55.9 Å². The maximum absolute atomic E-state index is 12.6. The van der Waals surface area contributed by atoms with Crippen molar-refractivity contribution in [2.24, 2.45) is 7.05 Å². The molecular weight excluding hydrogens is 305 g/mol. The molecule has 0 aliphatic carbocycles. The van der Waals surface area contributed by atoms with Gasteiger partial charge in [-0.05, 0) is 24.6 Å². The number of nitrogens with zero attached hydrogens (tertiary/aromatic N) is 2. The highest BCUT2D eigenvalue weighted by Crippen LogP contribution is 2.35. The molecule has 0 amide bonds. The summed E-state index contributed by atoms with van der Waals surface area (Å²) >= 11 is 5.90. The molecule has 0 aliphatic rings. The Balaban J connectivity index is 2.35. The summed E-state index contributed by atoms with van der Waals surface area (Å²) in [5.74, 6) is 0.494. The minimum absolute atomic E-state index is 0.0385. The Bertz CT molecular complexity index is 664. The monoisotopic (exact) mass is 318 g/mol. The largest absolute Gasteiger partial charge is 0.416 e. The Morgan fingerprint density at radius 2 is 2.05 bits per heavy atom. The zero-order valence-electron chi connectivity index (χ0n) is 11.4. The van der Waals surface area contributed by atoms with Gasteiger partial charge in [-0.2, -0.15) is 18.3 Å². The first-order valence-corrected chi connectivity index (χ1v) is 6.57. The molecule has 21 heavy (non-hydrogen) atoms. The molecule has 1 aromatic carbocycles. The quantitative estimate of drug-likeness (QED) is 0.900. The smallest absolute Gasteiger partial charge is 0.394 e. The van der Waals surface area contributed by atoms with E-state index in [4.69, 9.17) is 17.3 Å². The van der Waals surface area contributed by atoms with Crippen LogP contribution in [-0.2, 0) is 19.6 Å². The van der Waals surface area contributed by atoms with Gasteiger partial charge in [-0.1, -0.05) is 18.5 Å². The second kappa shape index (κ2) is 5.48. The highest BCUT2D eigenvalue weighted by molar-refractivity contribution is 6.33. The lowest BCUT2D eigenvalue weighted by Crippen LogP contribution is -2.06. The van der Waals surface area contributed by atoms with E-state index in [0.717, 1.165) is 12.1 Å². The molecule has 2 aromatic rings. The molecule has 0 atom stereocenters. The second-order valence-corrected chi connectivity index (χ2v) is 4.91. The molecule has 0 spiro atoms. The third kappa shape index (κ3) is 3.07. The lowest BCUT2D eigenvalue weighted by Gasteiger charge is -2.12. The Kier molecular flexibility index (Phi) is 4.04. The number of hydrogen-bond donors (Lipinski definition) is 2. The maximum atomic E-state index is 12.6. The van der Waals surface area contributed by atoms with Crippen molar-refractivity contribution >= 4 is 28.8 Å². The number of alkyl halides is 3. The van der Waals surface area contributed by atoms with Gasteiger partial charge in [-0.15, -0.1) is 0 Å². The lowest BCUT2D eigenvalue weighted by molar-refractivity contribution is -0.137. The van der Waals surface area contributed by atoms with Crippen LogP contribution in [0.15, 0.2) is 18.2 Å². The van der Waals surface area contributed by atoms with Crippen LogP contribution in [0.1, 0.15) is 18.2 Å². The van der Waals surface area contributed by atoms with Crippen molar-refractivity contribution in [1.82, 2.24) is 9.78 Å². The minimum atomic E-state index is -4.43. The first-order chi connectivity index (χ1) is 9.74. The first-order valence-electron chi connectivity index (χ1n) is 6.19. The van der Waals surface area contributed by atoms with E-state index in [9.17, 15) is 13.2 Å². The average molecular weight is 319 g/mol. The number of rotatable bonds is 3. The van der Waals surface area contributed by atoms with E-state index in [-0.39, 0.29) is 5.02 Å². The van der Waals surface area contributed by atoms with E-state index < -0.39 is 11.7 Å². The summed E-state index contributed by atoms with van der Waals surface area (Å²) in [5.41, 5.74) is 6.64. The van der Waals surface area contributed by atoms with Crippen LogP contribution in [0.4, 0.5) is 30.4 Å². The van der Waals surface area contributed by atoms with Gasteiger partial charge >= 0.3 is 6.18 Å². The second-order valence-electron chi connectivity index (χ2n) is 4.50. The SMILES string of the molecule is CCc1nn(C)c(Nc2ccc(C(F)(F)F)cc2Cl)c1N. The van der Waals surface area contributed by atoms with E-state index in [1.165, 1.54) is 10.7 Å². The number of anilines is 3. The number of nitrogens with one attached hydrogen (secondary N) is 1. The van der Waals surface area contributed by atoms with Gasteiger partial charge in [-0.3, -0.25) is 4.68 Å². The standard InChI is InChI=1S/C13H14ClF3N4/c1-3-9-11(18)12(21(2)20-9)19-10-5-4-7(6-8(10)14)13(15,16)17/h4-6,19H,3,18H2,1-2H3. The van der Waals surface area contributed by atoms with Gasteiger partial charge in [0.2, 0.25) is 0 Å². The van der Waals surface area contributed by atoms with Crippen molar-refractivity contribution in [3.63, 3.8) is 0 Å². The van der Waals surface area contributed by atoms with Crippen molar-refractivity contribution < 1.29 is 13.2 Å². The summed E-state index contributed by atoms with van der Waals surface area (Å²) in [6.07, 6.45) is -3.77. The molecule has 1 heterocycles. The number of nitrogens with two attached hydrogens (primary N) is 1. The zero-order valence-corrected chi connectivity index (χ0v) is 12.2. The highest BCUT2D eigenvalue weighted by Gasteiger charge is 2.31. The fraction of sp³-hybridized carbons (Fsp3) is 0.308. The third-order valence-corrected chi connectivity index (χ3v) is 3.36. The molecule has 0 unspecified atom stereocenters. The molecule has 0 radical (unpaired) electrons. The Morgan fingerprint density at radius 3 is 2.52 bits per heavy atom. The summed E-state index contributed by atoms with van der Waals surface area (Å²) in [7, 11) is 1.69. The van der Waals surface area contributed by atoms with Crippen LogP contribution in [0, 0.1) is 0 Å². The number of halogens is 4. The van der Waals surface area contributed by atoms with Crippen molar-refractivity contribution in [3.05, 3.63) is 34.5 Å². The van der Waals surface area contributed by atoms with E-state index in [2.05, 4.69) is 10.4 Å². The van der Waals surface area contributed by atoms with Gasteiger partial charge in [-0.25, -0.2) is 0 Å². The van der Waals surface area contributed by atoms with E-state index in [1.807, 2.05) is 6.92 Å². The molecule has 4 nitrogen and oxygen atoms in total. The number of benzene rings is 1. The first kappa shape index (κ1) is 15.5. The normalized spacial score (nSPS) is 11.7. The summed E-state index contributed by atoms with van der Waals surface area (Å²) in [5, 5.41) is 7.10. The molecule has 0 aliphatic heterocycles. The van der Waals surface area contributed by atoms with Gasteiger partial charge in [0.05, 0.1) is 27.7 Å². The summed E-state index contributed by atoms with van der Waals surface area (Å²) < 4.78 is 39.3. The number of aryl methyl sites for hydroxylation is 2. The number of hydrogen-bond acceptors (Lipinski definition) is 3. The Morgan fingerprint density at radius 1 is 1.38 bits per heavy atom. The molecule has 0 saturated carbocycles. The molecule has 1 aromatic heterocycles. The van der Waals surface area contributed by atoms with E-state index >= 15 is 0 Å². The number of aromatic nitrogens is 2. The Hall–Kier alpha value is -1.89. The van der Waals surface area contributed by atoms with Crippen LogP contribution < -0.4 is 11.1 Å². The average Bonchev–Trinajstić information content (AvgIpc) is 2.67. The van der Waals surface area contributed by atoms with E-state index in [0.29, 0.717) is 29.3 Å². The Labute approximate surface area is 124 Å². The van der Waals surface area contributed by atoms with Crippen molar-refractivity contribution in [2.45, 2.75) is 19.5 Å². The van der Waals surface area contributed by atoms with Crippen molar-refractivity contribution in [2.75, 3.05) is 11.1 Å². The molecule has 114 valence electrons. The lowest BCUT2D eigenvalue weighted by atomic mass is 10.2. The van der Waals surface area contributed by atoms with E-state index in [1.54, 1.807) is 7.05 Å². The third-order valence-electron chi connectivity index (χ3n) is 3.04. The highest BCUT2D eigenvalue weighted by atomic mass is 35.5. The molecular formula is C13H14ClF3N4. The maximum Gasteiger partial charge on any atom is 0.416 e. The van der Waals surface area contributed by atoms with Crippen molar-refractivity contribution in [3.8, 4) is 0 Å². The van der Waals surface area contributed by atoms with Gasteiger partial charge in [0.1, 0.15) is 0 Å². The van der Waals surface area contributed by atoms with Gasteiger partial charge < -0.3 is 11.1 Å². The number of nitrogen functional groups attached to an aromatic ring is 1. The van der Waals surface area contributed by atoms with Crippen LogP contribution in [0.5, 0.6) is 0 Å². The molecule has 2 rings (SSSR count). The van der Waals surface area contributed by atoms with Gasteiger partial charge in [0.25, 0.3) is 0 Å². The molecule has 3 N–H and O–H groups in total. The van der Waals surface area contributed by atoms with Crippen LogP contribution >= 0.6 is 11.6 Å². The predicted molar refractivity (Wildman–Crippen MR) is 76.7 cm³/mol. The fourth-order valence-electron chi connectivity index (χ4n) is 1.93. The fourth-order valence-corrected chi connectivity index (χ4v) is 2.15. The zero-order chi connectivity index (χ0) is 15.8. The van der Waals surface area contributed by atoms with Gasteiger partial charge in [0, 0.05) is 7.05 Å².